The van der Waals surface area contributed by atoms with Gasteiger partial charge in [-0.2, -0.15) is 0 Å². The predicted molar refractivity (Wildman–Crippen MR) is 92.0 cm³/mol. The van der Waals surface area contributed by atoms with Crippen molar-refractivity contribution in [2.75, 3.05) is 39.3 Å². The first-order valence-corrected chi connectivity index (χ1v) is 9.51. The summed E-state index contributed by atoms with van der Waals surface area (Å²) in [5, 5.41) is 0. The average Bonchev–Trinajstić information content (AvgIpc) is 3.19. The van der Waals surface area contributed by atoms with Gasteiger partial charge < -0.3 is 14.5 Å². The Morgan fingerprint density at radius 3 is 2.27 bits per heavy atom. The lowest BCUT2D eigenvalue weighted by atomic mass is 9.84. The maximum atomic E-state index is 12.6. The number of hydrogen-bond acceptors (Lipinski definition) is 5. The molecular weight excluding hydrogens is 338 g/mol. The van der Waals surface area contributed by atoms with Crippen LogP contribution in [-0.2, 0) is 19.1 Å². The molecule has 1 spiro atoms. The van der Waals surface area contributed by atoms with Crippen LogP contribution in [0.15, 0.2) is 0 Å². The maximum absolute atomic E-state index is 12.6. The second kappa shape index (κ2) is 7.63. The Kier molecular flexibility index (Phi) is 5.48. The van der Waals surface area contributed by atoms with E-state index in [0.29, 0.717) is 39.2 Å². The van der Waals surface area contributed by atoms with Crippen molar-refractivity contribution >= 4 is 23.8 Å². The molecule has 0 aromatic heterocycles. The molecule has 0 bridgehead atoms. The van der Waals surface area contributed by atoms with Crippen molar-refractivity contribution in [1.29, 1.82) is 0 Å². The van der Waals surface area contributed by atoms with E-state index < -0.39 is 5.41 Å². The van der Waals surface area contributed by atoms with Crippen molar-refractivity contribution in [1.82, 2.24) is 14.7 Å². The van der Waals surface area contributed by atoms with Crippen molar-refractivity contribution < 1.29 is 23.9 Å². The summed E-state index contributed by atoms with van der Waals surface area (Å²) in [5.41, 5.74) is -0.481. The molecular formula is C18H27N3O5. The summed E-state index contributed by atoms with van der Waals surface area (Å²) in [6.45, 7) is 4.03. The Hall–Kier alpha value is -2.12. The van der Waals surface area contributed by atoms with Crippen LogP contribution in [0.1, 0.15) is 45.4 Å². The van der Waals surface area contributed by atoms with Crippen LogP contribution in [0, 0.1) is 5.41 Å². The van der Waals surface area contributed by atoms with Crippen LogP contribution in [0.2, 0.25) is 0 Å². The molecule has 0 unspecified atom stereocenters. The van der Waals surface area contributed by atoms with E-state index in [1.165, 1.54) is 4.90 Å². The van der Waals surface area contributed by atoms with Gasteiger partial charge in [-0.05, 0) is 19.8 Å². The average molecular weight is 365 g/mol. The van der Waals surface area contributed by atoms with Crippen molar-refractivity contribution in [3.63, 3.8) is 0 Å². The highest BCUT2D eigenvalue weighted by Crippen LogP contribution is 2.46. The molecule has 1 saturated carbocycles. The van der Waals surface area contributed by atoms with Gasteiger partial charge >= 0.3 is 6.09 Å². The van der Waals surface area contributed by atoms with E-state index >= 15 is 0 Å². The number of nitrogens with zero attached hydrogens (tertiary/aromatic N) is 3. The minimum absolute atomic E-state index is 0.0820. The predicted octanol–water partition coefficient (Wildman–Crippen LogP) is 0.996. The summed E-state index contributed by atoms with van der Waals surface area (Å²) >= 11 is 0. The zero-order valence-electron chi connectivity index (χ0n) is 15.4. The Morgan fingerprint density at radius 1 is 1.04 bits per heavy atom. The molecule has 3 aliphatic rings. The molecule has 8 heteroatoms. The molecule has 144 valence electrons. The Morgan fingerprint density at radius 2 is 1.65 bits per heavy atom. The largest absolute Gasteiger partial charge is 0.450 e. The van der Waals surface area contributed by atoms with Crippen LogP contribution < -0.4 is 0 Å². The van der Waals surface area contributed by atoms with Gasteiger partial charge in [0.1, 0.15) is 0 Å². The van der Waals surface area contributed by atoms with Gasteiger partial charge in [-0.15, -0.1) is 0 Å². The topological polar surface area (TPSA) is 87.2 Å². The molecule has 3 fully saturated rings. The number of hydrogen-bond donors (Lipinski definition) is 0. The van der Waals surface area contributed by atoms with Gasteiger partial charge in [-0.1, -0.05) is 12.8 Å². The van der Waals surface area contributed by atoms with Crippen LogP contribution in [0.4, 0.5) is 4.79 Å². The van der Waals surface area contributed by atoms with Crippen LogP contribution in [0.3, 0.4) is 0 Å². The number of piperazine rings is 1. The second-order valence-electron chi connectivity index (χ2n) is 7.33. The molecule has 4 amide bonds. The zero-order valence-corrected chi connectivity index (χ0v) is 15.4. The highest BCUT2D eigenvalue weighted by Gasteiger charge is 2.52. The number of amides is 4. The number of carbonyl (C=O) groups excluding carboxylic acids is 4. The fourth-order valence-corrected chi connectivity index (χ4v) is 4.25. The smallest absolute Gasteiger partial charge is 0.409 e. The molecule has 1 aliphatic carbocycles. The lowest BCUT2D eigenvalue weighted by molar-refractivity contribution is -0.142. The van der Waals surface area contributed by atoms with Crippen molar-refractivity contribution in [3.8, 4) is 0 Å². The fraction of sp³-hybridized carbons (Fsp3) is 0.778. The molecule has 8 nitrogen and oxygen atoms in total. The number of imide groups is 1. The molecule has 0 aromatic rings. The summed E-state index contributed by atoms with van der Waals surface area (Å²) in [6.07, 6.45) is 3.67. The number of rotatable bonds is 4. The van der Waals surface area contributed by atoms with E-state index in [4.69, 9.17) is 4.74 Å². The van der Waals surface area contributed by atoms with Gasteiger partial charge in [-0.25, -0.2) is 4.79 Å². The summed E-state index contributed by atoms with van der Waals surface area (Å²) in [5.74, 6) is -0.307. The third-order valence-corrected chi connectivity index (χ3v) is 5.76. The normalized spacial score (nSPS) is 22.4. The minimum atomic E-state index is -0.481. The SMILES string of the molecule is CCOC(=O)N1CCN(C(=O)CCN2C(=O)CC3(CCCC3)C2=O)CC1. The van der Waals surface area contributed by atoms with Gasteiger partial charge in [0.15, 0.2) is 0 Å². The van der Waals surface area contributed by atoms with Crippen molar-refractivity contribution in [2.45, 2.75) is 45.4 Å². The standard InChI is InChI=1S/C18H27N3O5/c1-2-26-17(25)20-11-9-19(10-12-20)14(22)5-8-21-15(23)13-18(16(21)24)6-3-4-7-18/h2-13H2,1H3. The quantitative estimate of drug-likeness (QED) is 0.694. The Bertz CT molecular complexity index is 592. The van der Waals surface area contributed by atoms with E-state index in [0.717, 1.165) is 25.7 Å². The highest BCUT2D eigenvalue weighted by molar-refractivity contribution is 6.06. The lowest BCUT2D eigenvalue weighted by Gasteiger charge is -2.34. The minimum Gasteiger partial charge on any atom is -0.450 e. The fourth-order valence-electron chi connectivity index (χ4n) is 4.25. The second-order valence-corrected chi connectivity index (χ2v) is 7.33. The zero-order chi connectivity index (χ0) is 18.7. The highest BCUT2D eigenvalue weighted by atomic mass is 16.6. The van der Waals surface area contributed by atoms with Crippen molar-refractivity contribution in [3.05, 3.63) is 0 Å². The molecule has 0 aromatic carbocycles. The molecule has 2 saturated heterocycles. The number of ether oxygens (including phenoxy) is 1. The van der Waals surface area contributed by atoms with E-state index in [2.05, 4.69) is 0 Å². The number of carbonyl (C=O) groups is 4. The van der Waals surface area contributed by atoms with Gasteiger partial charge in [0.05, 0.1) is 12.0 Å². The molecule has 0 atom stereocenters. The number of likely N-dealkylation sites (tertiary alicyclic amines) is 1. The van der Waals surface area contributed by atoms with E-state index in [9.17, 15) is 19.2 Å². The molecule has 26 heavy (non-hydrogen) atoms. The third-order valence-electron chi connectivity index (χ3n) is 5.76. The van der Waals surface area contributed by atoms with Gasteiger partial charge in [0.2, 0.25) is 17.7 Å². The maximum Gasteiger partial charge on any atom is 0.409 e. The van der Waals surface area contributed by atoms with Crippen LogP contribution >= 0.6 is 0 Å². The van der Waals surface area contributed by atoms with Crippen molar-refractivity contribution in [2.24, 2.45) is 5.41 Å². The molecule has 0 N–H and O–H groups in total. The van der Waals surface area contributed by atoms with Gasteiger partial charge in [0.25, 0.3) is 0 Å². The lowest BCUT2D eigenvalue weighted by Crippen LogP contribution is -2.51. The van der Waals surface area contributed by atoms with Crippen LogP contribution in [0.5, 0.6) is 0 Å². The summed E-state index contributed by atoms with van der Waals surface area (Å²) in [6, 6.07) is 0. The summed E-state index contributed by atoms with van der Waals surface area (Å²) in [7, 11) is 0. The van der Waals surface area contributed by atoms with Crippen LogP contribution in [-0.4, -0.2) is 77.8 Å². The third kappa shape index (κ3) is 3.54. The first kappa shape index (κ1) is 18.7. The first-order chi connectivity index (χ1) is 12.5. The van der Waals surface area contributed by atoms with E-state index in [1.54, 1.807) is 16.7 Å². The molecule has 0 radical (unpaired) electrons. The monoisotopic (exact) mass is 365 g/mol. The molecule has 2 heterocycles. The molecule has 2 aliphatic heterocycles. The summed E-state index contributed by atoms with van der Waals surface area (Å²) in [4.78, 5) is 53.5. The summed E-state index contributed by atoms with van der Waals surface area (Å²) < 4.78 is 4.96. The Labute approximate surface area is 153 Å². The first-order valence-electron chi connectivity index (χ1n) is 9.51. The van der Waals surface area contributed by atoms with Gasteiger partial charge in [0, 0.05) is 45.6 Å². The molecule has 3 rings (SSSR count). The van der Waals surface area contributed by atoms with E-state index in [-0.39, 0.29) is 36.8 Å². The van der Waals surface area contributed by atoms with E-state index in [1.807, 2.05) is 0 Å². The van der Waals surface area contributed by atoms with Gasteiger partial charge in [-0.3, -0.25) is 19.3 Å². The Balaban J connectivity index is 1.47. The van der Waals surface area contributed by atoms with Crippen LogP contribution in [0.25, 0.3) is 0 Å².